The van der Waals surface area contributed by atoms with Crippen molar-refractivity contribution in [1.29, 1.82) is 5.26 Å². The summed E-state index contributed by atoms with van der Waals surface area (Å²) in [6.45, 7) is 0.670. The number of hydrogen-bond donors (Lipinski definition) is 1. The molecule has 0 unspecified atom stereocenters. The molecule has 134 valence electrons. The minimum atomic E-state index is 0.506. The molecule has 5 aromatic rings. The van der Waals surface area contributed by atoms with Crippen LogP contribution >= 0.6 is 0 Å². The predicted octanol–water partition coefficient (Wildman–Crippen LogP) is 5.23. The van der Waals surface area contributed by atoms with Crippen molar-refractivity contribution < 1.29 is 4.74 Å². The van der Waals surface area contributed by atoms with Crippen molar-refractivity contribution in [3.05, 3.63) is 90.5 Å². The molecule has 0 spiro atoms. The van der Waals surface area contributed by atoms with Crippen LogP contribution in [-0.2, 0) is 6.54 Å². The summed E-state index contributed by atoms with van der Waals surface area (Å²) >= 11 is 0. The maximum Gasteiger partial charge on any atom is 0.145 e. The van der Waals surface area contributed by atoms with Gasteiger partial charge < -0.3 is 14.3 Å². The molecule has 28 heavy (non-hydrogen) atoms. The van der Waals surface area contributed by atoms with Gasteiger partial charge in [-0.15, -0.1) is 0 Å². The summed E-state index contributed by atoms with van der Waals surface area (Å²) in [5.41, 5.74) is 3.64. The minimum Gasteiger partial charge on any atom is -0.456 e. The molecule has 5 heteroatoms. The maximum atomic E-state index is 9.46. The zero-order valence-corrected chi connectivity index (χ0v) is 15.0. The van der Waals surface area contributed by atoms with Crippen LogP contribution in [0.1, 0.15) is 11.1 Å². The third-order valence-electron chi connectivity index (χ3n) is 4.80. The number of fused-ring (bicyclic) bond motifs is 3. The molecule has 0 atom stereocenters. The molecule has 0 radical (unpaired) electrons. The minimum absolute atomic E-state index is 0.506. The molecule has 0 aliphatic rings. The molecule has 0 saturated carbocycles. The lowest BCUT2D eigenvalue weighted by Crippen LogP contribution is -1.98. The zero-order chi connectivity index (χ0) is 18.9. The van der Waals surface area contributed by atoms with Gasteiger partial charge in [0.2, 0.25) is 0 Å². The van der Waals surface area contributed by atoms with Crippen molar-refractivity contribution in [2.45, 2.75) is 6.54 Å². The van der Waals surface area contributed by atoms with Crippen LogP contribution in [0.4, 0.5) is 0 Å². The lowest BCUT2D eigenvalue weighted by molar-refractivity contribution is 0.481. The Morgan fingerprint density at radius 3 is 2.75 bits per heavy atom. The van der Waals surface area contributed by atoms with E-state index in [0.717, 1.165) is 22.0 Å². The summed E-state index contributed by atoms with van der Waals surface area (Å²) in [6, 6.07) is 22.0. The number of ether oxygens (including phenoxy) is 1. The SMILES string of the molecule is N#Cc1ccc(Cn2ccnc2)cc1Oc1ccc2c(c1)[nH]c1ccccc12. The molecular weight excluding hydrogens is 348 g/mol. The Labute approximate surface area is 161 Å². The number of benzene rings is 3. The van der Waals surface area contributed by atoms with Gasteiger partial charge in [0.25, 0.3) is 0 Å². The second-order valence-corrected chi connectivity index (χ2v) is 6.66. The molecule has 3 aromatic carbocycles. The standard InChI is InChI=1S/C23H16N4O/c24-13-17-6-5-16(14-27-10-9-25-15-27)11-23(17)28-18-7-8-20-19-3-1-2-4-21(19)26-22(20)12-18/h1-12,15,26H,14H2. The van der Waals surface area contributed by atoms with E-state index in [1.165, 1.54) is 5.39 Å². The molecule has 5 nitrogen and oxygen atoms in total. The molecule has 0 fully saturated rings. The normalized spacial score (nSPS) is 11.0. The van der Waals surface area contributed by atoms with E-state index in [0.29, 0.717) is 23.6 Å². The van der Waals surface area contributed by atoms with Gasteiger partial charge in [-0.3, -0.25) is 0 Å². The van der Waals surface area contributed by atoms with Crippen molar-refractivity contribution in [2.75, 3.05) is 0 Å². The summed E-state index contributed by atoms with van der Waals surface area (Å²) in [5.74, 6) is 1.24. The number of para-hydroxylation sites is 1. The van der Waals surface area contributed by atoms with Gasteiger partial charge in [0, 0.05) is 41.3 Å². The van der Waals surface area contributed by atoms with Crippen molar-refractivity contribution in [1.82, 2.24) is 14.5 Å². The van der Waals surface area contributed by atoms with E-state index >= 15 is 0 Å². The Hall–Kier alpha value is -4.04. The van der Waals surface area contributed by atoms with Crippen LogP contribution in [0.15, 0.2) is 79.4 Å². The first-order valence-corrected chi connectivity index (χ1v) is 8.97. The van der Waals surface area contributed by atoms with Crippen molar-refractivity contribution in [3.63, 3.8) is 0 Å². The van der Waals surface area contributed by atoms with Gasteiger partial charge in [0.1, 0.15) is 17.6 Å². The molecule has 1 N–H and O–H groups in total. The van der Waals surface area contributed by atoms with Gasteiger partial charge in [0.15, 0.2) is 0 Å². The average Bonchev–Trinajstić information content (AvgIpc) is 3.35. The first-order valence-electron chi connectivity index (χ1n) is 8.97. The number of nitrogens with one attached hydrogen (secondary N) is 1. The highest BCUT2D eigenvalue weighted by Crippen LogP contribution is 2.32. The molecule has 0 saturated heterocycles. The summed E-state index contributed by atoms with van der Waals surface area (Å²) in [6.07, 6.45) is 5.42. The highest BCUT2D eigenvalue weighted by molar-refractivity contribution is 6.07. The van der Waals surface area contributed by atoms with Crippen LogP contribution in [0.3, 0.4) is 0 Å². The van der Waals surface area contributed by atoms with Crippen LogP contribution in [0.2, 0.25) is 0 Å². The van der Waals surface area contributed by atoms with Crippen LogP contribution in [0.5, 0.6) is 11.5 Å². The molecule has 2 heterocycles. The molecule has 0 bridgehead atoms. The number of aromatic amines is 1. The van der Waals surface area contributed by atoms with Gasteiger partial charge >= 0.3 is 0 Å². The summed E-state index contributed by atoms with van der Waals surface area (Å²) < 4.78 is 8.07. The van der Waals surface area contributed by atoms with E-state index in [-0.39, 0.29) is 0 Å². The Kier molecular flexibility index (Phi) is 3.81. The second kappa shape index (κ2) is 6.60. The van der Waals surface area contributed by atoms with Crippen molar-refractivity contribution >= 4 is 21.8 Å². The fraction of sp³-hybridized carbons (Fsp3) is 0.0435. The van der Waals surface area contributed by atoms with Crippen molar-refractivity contribution in [3.8, 4) is 17.6 Å². The molecule has 0 amide bonds. The molecular formula is C23H16N4O. The van der Waals surface area contributed by atoms with Crippen LogP contribution in [0.25, 0.3) is 21.8 Å². The topological polar surface area (TPSA) is 66.6 Å². The molecule has 5 rings (SSSR count). The Morgan fingerprint density at radius 2 is 1.89 bits per heavy atom. The third kappa shape index (κ3) is 2.87. The number of imidazole rings is 1. The number of aromatic nitrogens is 3. The van der Waals surface area contributed by atoms with Crippen LogP contribution < -0.4 is 4.74 Å². The van der Waals surface area contributed by atoms with E-state index in [4.69, 9.17) is 4.74 Å². The van der Waals surface area contributed by atoms with Crippen molar-refractivity contribution in [2.24, 2.45) is 0 Å². The van der Waals surface area contributed by atoms with E-state index in [1.54, 1.807) is 18.6 Å². The Bertz CT molecular complexity index is 1330. The summed E-state index contributed by atoms with van der Waals surface area (Å²) in [5, 5.41) is 11.8. The molecule has 2 aromatic heterocycles. The lowest BCUT2D eigenvalue weighted by Gasteiger charge is -2.10. The summed E-state index contributed by atoms with van der Waals surface area (Å²) in [7, 11) is 0. The van der Waals surface area contributed by atoms with E-state index in [1.807, 2.05) is 53.2 Å². The average molecular weight is 364 g/mol. The van der Waals surface area contributed by atoms with Crippen LogP contribution in [0, 0.1) is 11.3 Å². The molecule has 0 aliphatic carbocycles. The van der Waals surface area contributed by atoms with Gasteiger partial charge in [-0.1, -0.05) is 24.3 Å². The number of rotatable bonds is 4. The first kappa shape index (κ1) is 16.2. The van der Waals surface area contributed by atoms with E-state index in [2.05, 4.69) is 28.2 Å². The quantitative estimate of drug-likeness (QED) is 0.475. The fourth-order valence-electron chi connectivity index (χ4n) is 3.46. The third-order valence-corrected chi connectivity index (χ3v) is 4.80. The predicted molar refractivity (Wildman–Crippen MR) is 108 cm³/mol. The number of H-pyrrole nitrogens is 1. The van der Waals surface area contributed by atoms with Gasteiger partial charge in [-0.05, 0) is 35.9 Å². The zero-order valence-electron chi connectivity index (χ0n) is 15.0. The number of nitriles is 1. The maximum absolute atomic E-state index is 9.46. The van der Waals surface area contributed by atoms with E-state index < -0.39 is 0 Å². The van der Waals surface area contributed by atoms with E-state index in [9.17, 15) is 5.26 Å². The Morgan fingerprint density at radius 1 is 1.00 bits per heavy atom. The second-order valence-electron chi connectivity index (χ2n) is 6.66. The van der Waals surface area contributed by atoms with Gasteiger partial charge in [-0.2, -0.15) is 5.26 Å². The number of nitrogens with zero attached hydrogens (tertiary/aromatic N) is 3. The lowest BCUT2D eigenvalue weighted by atomic mass is 10.1. The Balaban J connectivity index is 1.50. The largest absolute Gasteiger partial charge is 0.456 e. The first-order chi connectivity index (χ1) is 13.8. The number of hydrogen-bond acceptors (Lipinski definition) is 3. The highest BCUT2D eigenvalue weighted by Gasteiger charge is 2.09. The molecule has 0 aliphatic heterocycles. The highest BCUT2D eigenvalue weighted by atomic mass is 16.5. The smallest absolute Gasteiger partial charge is 0.145 e. The van der Waals surface area contributed by atoms with Gasteiger partial charge in [0.05, 0.1) is 17.4 Å². The van der Waals surface area contributed by atoms with Crippen LogP contribution in [-0.4, -0.2) is 14.5 Å². The fourth-order valence-corrected chi connectivity index (χ4v) is 3.46. The monoisotopic (exact) mass is 364 g/mol. The summed E-state index contributed by atoms with van der Waals surface area (Å²) in [4.78, 5) is 7.48. The van der Waals surface area contributed by atoms with Gasteiger partial charge in [-0.25, -0.2) is 4.98 Å².